The van der Waals surface area contributed by atoms with Gasteiger partial charge in [-0.15, -0.1) is 9.24 Å². The lowest BCUT2D eigenvalue weighted by Crippen LogP contribution is -2.36. The molecular weight excluding hydrogens is 409 g/mol. The van der Waals surface area contributed by atoms with Gasteiger partial charge >= 0.3 is 0 Å². The normalized spacial score (nSPS) is 15.5. The van der Waals surface area contributed by atoms with Gasteiger partial charge in [0.05, 0.1) is 23.9 Å². The highest BCUT2D eigenvalue weighted by atomic mass is 79.9. The van der Waals surface area contributed by atoms with Crippen molar-refractivity contribution in [1.29, 1.82) is 0 Å². The van der Waals surface area contributed by atoms with Crippen LogP contribution in [0.5, 0.6) is 0 Å². The Morgan fingerprint density at radius 1 is 1.08 bits per heavy atom. The number of hydrogen-bond donors (Lipinski definition) is 0. The van der Waals surface area contributed by atoms with Gasteiger partial charge in [-0.3, -0.25) is 0 Å². The fraction of sp³-hybridized carbons (Fsp3) is 0.294. The number of nitrogens with zero attached hydrogens (tertiary/aromatic N) is 1. The molecule has 2 aromatic rings. The third kappa shape index (κ3) is 4.37. The zero-order valence-electron chi connectivity index (χ0n) is 13.1. The highest BCUT2D eigenvalue weighted by Crippen LogP contribution is 2.28. The first-order valence-electron chi connectivity index (χ1n) is 7.64. The van der Waals surface area contributed by atoms with E-state index in [1.807, 2.05) is 30.3 Å². The number of halogens is 1. The topological polar surface area (TPSA) is 46.6 Å². The highest BCUT2D eigenvalue weighted by Gasteiger charge is 2.19. The largest absolute Gasteiger partial charge is 0.378 e. The minimum atomic E-state index is -3.40. The summed E-state index contributed by atoms with van der Waals surface area (Å²) in [6.45, 7) is 2.86. The van der Waals surface area contributed by atoms with E-state index in [1.165, 1.54) is 0 Å². The standard InChI is InChI=1S/C17H19BrNO3PS/c18-14-9-15(19-5-7-22-8-6-19)11-17(10-14)24(20,21)12-13-1-3-16(23)4-2-13/h1-4,9-11H,5-8,12,23H2. The molecule has 1 heterocycles. The smallest absolute Gasteiger partial charge is 0.182 e. The number of hydrogen-bond acceptors (Lipinski definition) is 4. The predicted molar refractivity (Wildman–Crippen MR) is 104 cm³/mol. The van der Waals surface area contributed by atoms with Crippen LogP contribution in [0.4, 0.5) is 5.69 Å². The number of rotatable bonds is 4. The first-order valence-corrected chi connectivity index (χ1v) is 10.7. The predicted octanol–water partition coefficient (Wildman–Crippen LogP) is 2.76. The van der Waals surface area contributed by atoms with Crippen LogP contribution in [0.25, 0.3) is 0 Å². The molecule has 2 aromatic carbocycles. The van der Waals surface area contributed by atoms with Crippen molar-refractivity contribution in [3.8, 4) is 0 Å². The molecule has 0 saturated carbocycles. The Balaban J connectivity index is 1.89. The molecule has 1 atom stereocenters. The summed E-state index contributed by atoms with van der Waals surface area (Å²) in [4.78, 5) is 2.49. The van der Waals surface area contributed by atoms with Crippen LogP contribution in [-0.2, 0) is 20.3 Å². The van der Waals surface area contributed by atoms with Crippen molar-refractivity contribution in [2.75, 3.05) is 31.2 Å². The molecule has 1 fully saturated rings. The minimum absolute atomic E-state index is 0.00302. The third-order valence-electron chi connectivity index (χ3n) is 3.93. The molecule has 24 heavy (non-hydrogen) atoms. The van der Waals surface area contributed by atoms with E-state index in [1.54, 1.807) is 12.1 Å². The van der Waals surface area contributed by atoms with Crippen molar-refractivity contribution in [3.05, 3.63) is 52.5 Å². The van der Waals surface area contributed by atoms with E-state index in [0.29, 0.717) is 18.1 Å². The Bertz CT molecular complexity index is 818. The van der Waals surface area contributed by atoms with E-state index in [4.69, 9.17) is 4.74 Å². The molecule has 0 bridgehead atoms. The summed E-state index contributed by atoms with van der Waals surface area (Å²) in [5.74, 6) is -0.00302. The Morgan fingerprint density at radius 2 is 1.75 bits per heavy atom. The molecule has 1 aliphatic rings. The SMILES string of the molecule is O=S(=O)(Cc1ccc(P)cc1)c1cc(Br)cc(N2CCOCC2)c1. The van der Waals surface area contributed by atoms with Crippen molar-refractivity contribution in [1.82, 2.24) is 0 Å². The zero-order chi connectivity index (χ0) is 17.2. The molecular formula is C17H19BrNO3PS. The minimum Gasteiger partial charge on any atom is -0.378 e. The maximum atomic E-state index is 12.8. The molecule has 0 N–H and O–H groups in total. The summed E-state index contributed by atoms with van der Waals surface area (Å²) < 4.78 is 31.7. The average Bonchev–Trinajstić information content (AvgIpc) is 2.57. The second-order valence-corrected chi connectivity index (χ2v) is 9.32. The number of sulfone groups is 1. The van der Waals surface area contributed by atoms with E-state index in [-0.39, 0.29) is 5.75 Å². The fourth-order valence-electron chi connectivity index (χ4n) is 2.65. The van der Waals surface area contributed by atoms with Gasteiger partial charge in [0.25, 0.3) is 0 Å². The van der Waals surface area contributed by atoms with Crippen LogP contribution < -0.4 is 10.2 Å². The van der Waals surface area contributed by atoms with Crippen molar-refractivity contribution in [2.45, 2.75) is 10.6 Å². The Labute approximate surface area is 153 Å². The van der Waals surface area contributed by atoms with Crippen molar-refractivity contribution >= 4 is 46.0 Å². The van der Waals surface area contributed by atoms with Crippen LogP contribution >= 0.6 is 25.2 Å². The van der Waals surface area contributed by atoms with Gasteiger partial charge < -0.3 is 9.64 Å². The van der Waals surface area contributed by atoms with Crippen LogP contribution in [0.15, 0.2) is 51.8 Å². The van der Waals surface area contributed by atoms with E-state index in [9.17, 15) is 8.42 Å². The first kappa shape index (κ1) is 17.9. The fourth-order valence-corrected chi connectivity index (χ4v) is 4.88. The second kappa shape index (κ2) is 7.52. The summed E-state index contributed by atoms with van der Waals surface area (Å²) in [5, 5.41) is 1.04. The van der Waals surface area contributed by atoms with E-state index in [2.05, 4.69) is 30.1 Å². The molecule has 128 valence electrons. The van der Waals surface area contributed by atoms with Gasteiger partial charge in [0, 0.05) is 23.2 Å². The zero-order valence-corrected chi connectivity index (χ0v) is 16.7. The molecule has 0 spiro atoms. The molecule has 0 amide bonds. The summed E-state index contributed by atoms with van der Waals surface area (Å²) in [7, 11) is -0.806. The van der Waals surface area contributed by atoms with Crippen LogP contribution in [0.2, 0.25) is 0 Å². The van der Waals surface area contributed by atoms with Gasteiger partial charge in [0.2, 0.25) is 0 Å². The van der Waals surface area contributed by atoms with Crippen molar-refractivity contribution in [3.63, 3.8) is 0 Å². The molecule has 7 heteroatoms. The molecule has 0 aromatic heterocycles. The Hall–Kier alpha value is -0.940. The van der Waals surface area contributed by atoms with Gasteiger partial charge in [-0.2, -0.15) is 0 Å². The molecule has 0 radical (unpaired) electrons. The number of benzene rings is 2. The molecule has 1 unspecified atom stereocenters. The van der Waals surface area contributed by atoms with Gasteiger partial charge in [0.1, 0.15) is 0 Å². The maximum Gasteiger partial charge on any atom is 0.182 e. The van der Waals surface area contributed by atoms with Gasteiger partial charge in [-0.25, -0.2) is 8.42 Å². The lowest BCUT2D eigenvalue weighted by molar-refractivity contribution is 0.122. The quantitative estimate of drug-likeness (QED) is 0.703. The third-order valence-corrected chi connectivity index (χ3v) is 6.44. The summed E-state index contributed by atoms with van der Waals surface area (Å²) in [6.07, 6.45) is 0. The molecule has 3 rings (SSSR count). The lowest BCUT2D eigenvalue weighted by atomic mass is 10.2. The van der Waals surface area contributed by atoms with E-state index >= 15 is 0 Å². The lowest BCUT2D eigenvalue weighted by Gasteiger charge is -2.29. The number of anilines is 1. The summed E-state index contributed by atoms with van der Waals surface area (Å²) >= 11 is 3.44. The summed E-state index contributed by atoms with van der Waals surface area (Å²) in [5.41, 5.74) is 1.70. The van der Waals surface area contributed by atoms with Gasteiger partial charge in [0.15, 0.2) is 9.84 Å². The average molecular weight is 428 g/mol. The van der Waals surface area contributed by atoms with Crippen LogP contribution in [0.3, 0.4) is 0 Å². The van der Waals surface area contributed by atoms with Crippen LogP contribution in [-0.4, -0.2) is 34.7 Å². The van der Waals surface area contributed by atoms with Gasteiger partial charge in [-0.05, 0) is 29.1 Å². The molecule has 4 nitrogen and oxygen atoms in total. The van der Waals surface area contributed by atoms with Gasteiger partial charge in [-0.1, -0.05) is 40.2 Å². The molecule has 0 aliphatic carbocycles. The van der Waals surface area contributed by atoms with Crippen molar-refractivity contribution in [2.24, 2.45) is 0 Å². The van der Waals surface area contributed by atoms with Crippen LogP contribution in [0.1, 0.15) is 5.56 Å². The maximum absolute atomic E-state index is 12.8. The highest BCUT2D eigenvalue weighted by molar-refractivity contribution is 9.10. The van der Waals surface area contributed by atoms with E-state index < -0.39 is 9.84 Å². The molecule has 1 saturated heterocycles. The summed E-state index contributed by atoms with van der Waals surface area (Å²) in [6, 6.07) is 12.9. The molecule has 1 aliphatic heterocycles. The Kier molecular flexibility index (Phi) is 5.60. The monoisotopic (exact) mass is 427 g/mol. The van der Waals surface area contributed by atoms with Crippen molar-refractivity contribution < 1.29 is 13.2 Å². The van der Waals surface area contributed by atoms with Crippen LogP contribution in [0, 0.1) is 0 Å². The number of morpholine rings is 1. The van der Waals surface area contributed by atoms with E-state index in [0.717, 1.165) is 34.1 Å². The number of ether oxygens (including phenoxy) is 1. The second-order valence-electron chi connectivity index (χ2n) is 5.75. The Morgan fingerprint density at radius 3 is 2.42 bits per heavy atom. The first-order chi connectivity index (χ1) is 11.4.